The Balaban J connectivity index is 1.21. The lowest BCUT2D eigenvalue weighted by atomic mass is 9.88. The molecule has 3 heterocycles. The van der Waals surface area contributed by atoms with Crippen LogP contribution >= 0.6 is 0 Å². The summed E-state index contributed by atoms with van der Waals surface area (Å²) in [5.74, 6) is -0.000918. The van der Waals surface area contributed by atoms with E-state index < -0.39 is 17.5 Å². The molecule has 2 amide bonds. The van der Waals surface area contributed by atoms with E-state index in [0.717, 1.165) is 17.7 Å². The van der Waals surface area contributed by atoms with Gasteiger partial charge in [-0.1, -0.05) is 30.3 Å². The topological polar surface area (TPSA) is 59.1 Å². The summed E-state index contributed by atoms with van der Waals surface area (Å²) in [5, 5.41) is 0. The van der Waals surface area contributed by atoms with Gasteiger partial charge in [-0.2, -0.15) is 0 Å². The summed E-state index contributed by atoms with van der Waals surface area (Å²) in [6.07, 6.45) is 2.34. The maximum Gasteiger partial charge on any atom is 0.263 e. The molecule has 5 rings (SSSR count). The average molecular weight is 438 g/mol. The quantitative estimate of drug-likeness (QED) is 0.723. The number of likely N-dealkylation sites (tertiary alicyclic amines) is 1. The Kier molecular flexibility index (Phi) is 5.59. The molecule has 3 aliphatic rings. The van der Waals surface area contributed by atoms with Crippen molar-refractivity contribution in [1.82, 2.24) is 9.80 Å². The van der Waals surface area contributed by atoms with Gasteiger partial charge < -0.3 is 19.3 Å². The second kappa shape index (κ2) is 8.54. The van der Waals surface area contributed by atoms with Crippen molar-refractivity contribution in [2.24, 2.45) is 0 Å². The number of morpholine rings is 1. The Labute approximate surface area is 186 Å². The Morgan fingerprint density at radius 1 is 0.969 bits per heavy atom. The van der Waals surface area contributed by atoms with E-state index in [1.165, 1.54) is 12.1 Å². The van der Waals surface area contributed by atoms with E-state index in [0.29, 0.717) is 52.0 Å². The van der Waals surface area contributed by atoms with Crippen LogP contribution in [0.1, 0.15) is 35.2 Å². The van der Waals surface area contributed by atoms with E-state index >= 15 is 0 Å². The van der Waals surface area contributed by atoms with Crippen LogP contribution in [0.3, 0.4) is 0 Å². The van der Waals surface area contributed by atoms with Crippen molar-refractivity contribution in [2.75, 3.05) is 32.8 Å². The molecule has 0 aliphatic carbocycles. The molecule has 7 heteroatoms. The smallest absolute Gasteiger partial charge is 0.263 e. The lowest BCUT2D eigenvalue weighted by Crippen LogP contribution is -2.59. The van der Waals surface area contributed by atoms with Crippen LogP contribution in [0.4, 0.5) is 4.39 Å². The zero-order valence-electron chi connectivity index (χ0n) is 18.0. The van der Waals surface area contributed by atoms with Gasteiger partial charge in [0.05, 0.1) is 24.3 Å². The highest BCUT2D eigenvalue weighted by atomic mass is 19.1. The number of carbonyl (C=O) groups excluding carboxylic acids is 2. The minimum Gasteiger partial charge on any atom is -0.480 e. The van der Waals surface area contributed by atoms with Crippen molar-refractivity contribution < 1.29 is 23.5 Å². The van der Waals surface area contributed by atoms with Gasteiger partial charge in [0.2, 0.25) is 0 Å². The second-order valence-corrected chi connectivity index (χ2v) is 8.82. The predicted molar refractivity (Wildman–Crippen MR) is 116 cm³/mol. The number of rotatable bonds is 2. The lowest BCUT2D eigenvalue weighted by molar-refractivity contribution is -0.153. The number of nitrogens with zero attached hydrogens (tertiary/aromatic N) is 2. The minimum absolute atomic E-state index is 0.0180. The fraction of sp³-hybridized carbons (Fsp3) is 0.440. The third-order valence-electron chi connectivity index (χ3n) is 6.82. The maximum absolute atomic E-state index is 14.1. The van der Waals surface area contributed by atoms with E-state index in [1.54, 1.807) is 17.0 Å². The number of carbonyl (C=O) groups is 2. The molecule has 1 unspecified atom stereocenters. The molecule has 2 aromatic rings. The fourth-order valence-electron chi connectivity index (χ4n) is 4.96. The van der Waals surface area contributed by atoms with E-state index in [4.69, 9.17) is 9.47 Å². The number of aryl methyl sites for hydroxylation is 1. The largest absolute Gasteiger partial charge is 0.480 e. The van der Waals surface area contributed by atoms with Gasteiger partial charge in [0, 0.05) is 19.6 Å². The molecule has 0 saturated carbocycles. The van der Waals surface area contributed by atoms with E-state index in [1.807, 2.05) is 29.2 Å². The first kappa shape index (κ1) is 20.9. The molecule has 168 valence electrons. The van der Waals surface area contributed by atoms with Gasteiger partial charge in [-0.25, -0.2) is 4.39 Å². The Bertz CT molecular complexity index is 1020. The molecular weight excluding hydrogens is 411 g/mol. The van der Waals surface area contributed by atoms with Crippen LogP contribution in [0.2, 0.25) is 0 Å². The van der Waals surface area contributed by atoms with Crippen LogP contribution < -0.4 is 4.74 Å². The summed E-state index contributed by atoms with van der Waals surface area (Å²) in [4.78, 5) is 29.5. The normalized spacial score (nSPS) is 22.2. The van der Waals surface area contributed by atoms with Crippen LogP contribution in [0.5, 0.6) is 5.75 Å². The summed E-state index contributed by atoms with van der Waals surface area (Å²) in [6, 6.07) is 13.9. The summed E-state index contributed by atoms with van der Waals surface area (Å²) < 4.78 is 26.2. The van der Waals surface area contributed by atoms with Gasteiger partial charge in [-0.3, -0.25) is 9.59 Å². The predicted octanol–water partition coefficient (Wildman–Crippen LogP) is 3.05. The Morgan fingerprint density at radius 2 is 1.72 bits per heavy atom. The number of ether oxygens (including phenoxy) is 2. The standard InChI is InChI=1S/C25H27FN2O4/c26-20-7-3-2-6-19(20)23(29)28-15-16-31-25(17-28)11-13-27(14-12-25)24(30)22-10-9-18-5-1-4-8-21(18)32-22/h1-8,22H,9-17H2. The summed E-state index contributed by atoms with van der Waals surface area (Å²) >= 11 is 0. The van der Waals surface area contributed by atoms with Crippen molar-refractivity contribution >= 4 is 11.8 Å². The van der Waals surface area contributed by atoms with Gasteiger partial charge >= 0.3 is 0 Å². The molecule has 1 spiro atoms. The molecule has 32 heavy (non-hydrogen) atoms. The molecule has 1 atom stereocenters. The van der Waals surface area contributed by atoms with E-state index in [-0.39, 0.29) is 17.4 Å². The molecule has 3 aliphatic heterocycles. The van der Waals surface area contributed by atoms with Gasteiger partial charge in [0.1, 0.15) is 11.6 Å². The highest BCUT2D eigenvalue weighted by Gasteiger charge is 2.43. The highest BCUT2D eigenvalue weighted by molar-refractivity contribution is 5.94. The molecule has 2 saturated heterocycles. The number of hydrogen-bond donors (Lipinski definition) is 0. The van der Waals surface area contributed by atoms with Crippen molar-refractivity contribution in [3.8, 4) is 5.75 Å². The molecule has 0 radical (unpaired) electrons. The van der Waals surface area contributed by atoms with Crippen LogP contribution in [-0.4, -0.2) is 66.1 Å². The highest BCUT2D eigenvalue weighted by Crippen LogP contribution is 2.33. The zero-order chi connectivity index (χ0) is 22.1. The Hall–Kier alpha value is -2.93. The lowest BCUT2D eigenvalue weighted by Gasteiger charge is -2.47. The molecule has 0 bridgehead atoms. The van der Waals surface area contributed by atoms with E-state index in [9.17, 15) is 14.0 Å². The number of halogens is 1. The third kappa shape index (κ3) is 3.97. The number of hydrogen-bond acceptors (Lipinski definition) is 4. The van der Waals surface area contributed by atoms with E-state index in [2.05, 4.69) is 0 Å². The molecule has 0 aromatic heterocycles. The summed E-state index contributed by atoms with van der Waals surface area (Å²) in [6.45, 7) is 2.38. The molecule has 0 N–H and O–H groups in total. The second-order valence-electron chi connectivity index (χ2n) is 8.82. The van der Waals surface area contributed by atoms with Crippen molar-refractivity contribution in [2.45, 2.75) is 37.4 Å². The van der Waals surface area contributed by atoms with Gasteiger partial charge in [0.25, 0.3) is 11.8 Å². The minimum atomic E-state index is -0.507. The first-order valence-electron chi connectivity index (χ1n) is 11.3. The zero-order valence-corrected chi connectivity index (χ0v) is 18.0. The Morgan fingerprint density at radius 3 is 2.53 bits per heavy atom. The maximum atomic E-state index is 14.1. The average Bonchev–Trinajstić information content (AvgIpc) is 2.84. The summed E-state index contributed by atoms with van der Waals surface area (Å²) in [7, 11) is 0. The van der Waals surface area contributed by atoms with Gasteiger partial charge in [-0.05, 0) is 49.4 Å². The third-order valence-corrected chi connectivity index (χ3v) is 6.82. The summed E-state index contributed by atoms with van der Waals surface area (Å²) in [5.41, 5.74) is 0.743. The molecular formula is C25H27FN2O4. The first-order valence-corrected chi connectivity index (χ1v) is 11.3. The SMILES string of the molecule is O=C(c1ccccc1F)N1CCOC2(CCN(C(=O)C3CCc4ccccc4O3)CC2)C1. The van der Waals surface area contributed by atoms with Crippen LogP contribution in [0.25, 0.3) is 0 Å². The van der Waals surface area contributed by atoms with Crippen LogP contribution in [0.15, 0.2) is 48.5 Å². The molecule has 6 nitrogen and oxygen atoms in total. The first-order chi connectivity index (χ1) is 15.5. The van der Waals surface area contributed by atoms with Crippen molar-refractivity contribution in [1.29, 1.82) is 0 Å². The molecule has 2 fully saturated rings. The number of benzene rings is 2. The van der Waals surface area contributed by atoms with Crippen LogP contribution in [-0.2, 0) is 16.0 Å². The fourth-order valence-corrected chi connectivity index (χ4v) is 4.96. The molecule has 2 aromatic carbocycles. The van der Waals surface area contributed by atoms with Gasteiger partial charge in [-0.15, -0.1) is 0 Å². The number of para-hydroxylation sites is 1. The monoisotopic (exact) mass is 438 g/mol. The number of fused-ring (bicyclic) bond motifs is 1. The number of amides is 2. The van der Waals surface area contributed by atoms with Crippen molar-refractivity contribution in [3.63, 3.8) is 0 Å². The van der Waals surface area contributed by atoms with Crippen molar-refractivity contribution in [3.05, 3.63) is 65.5 Å². The van der Waals surface area contributed by atoms with Crippen LogP contribution in [0, 0.1) is 5.82 Å². The number of piperidine rings is 1. The van der Waals surface area contributed by atoms with Gasteiger partial charge in [0.15, 0.2) is 6.10 Å².